The zero-order chi connectivity index (χ0) is 15.7. The van der Waals surface area contributed by atoms with Gasteiger partial charge in [0.1, 0.15) is 0 Å². The van der Waals surface area contributed by atoms with Crippen molar-refractivity contribution in [2.24, 2.45) is 16.3 Å². The quantitative estimate of drug-likeness (QED) is 0.679. The molecule has 0 amide bonds. The van der Waals surface area contributed by atoms with Crippen LogP contribution in [0.15, 0.2) is 35.3 Å². The predicted octanol–water partition coefficient (Wildman–Crippen LogP) is 3.63. The summed E-state index contributed by atoms with van der Waals surface area (Å²) in [6.45, 7) is 6.54. The highest BCUT2D eigenvalue weighted by molar-refractivity contribution is 5.80. The molecule has 1 aromatic carbocycles. The SMILES string of the molecule is CCNC(=NCC1CC1c1ccccc1)N1CCC2(CCC2)C1. The van der Waals surface area contributed by atoms with E-state index < -0.39 is 0 Å². The van der Waals surface area contributed by atoms with Crippen molar-refractivity contribution in [3.05, 3.63) is 35.9 Å². The summed E-state index contributed by atoms with van der Waals surface area (Å²) in [4.78, 5) is 7.51. The van der Waals surface area contributed by atoms with Gasteiger partial charge in [0.15, 0.2) is 5.96 Å². The summed E-state index contributed by atoms with van der Waals surface area (Å²) < 4.78 is 0. The lowest BCUT2D eigenvalue weighted by Gasteiger charge is -2.38. The van der Waals surface area contributed by atoms with E-state index >= 15 is 0 Å². The minimum Gasteiger partial charge on any atom is -0.357 e. The van der Waals surface area contributed by atoms with Gasteiger partial charge in [0.2, 0.25) is 0 Å². The average Bonchev–Trinajstić information content (AvgIpc) is 3.18. The van der Waals surface area contributed by atoms with Crippen LogP contribution in [0.25, 0.3) is 0 Å². The third-order valence-electron chi connectivity index (χ3n) is 6.11. The minimum absolute atomic E-state index is 0.641. The molecule has 3 fully saturated rings. The zero-order valence-electron chi connectivity index (χ0n) is 14.3. The molecule has 0 radical (unpaired) electrons. The smallest absolute Gasteiger partial charge is 0.193 e. The number of nitrogens with one attached hydrogen (secondary N) is 1. The number of guanidine groups is 1. The molecule has 23 heavy (non-hydrogen) atoms. The molecule has 1 heterocycles. The second-order valence-corrected chi connectivity index (χ2v) is 7.73. The predicted molar refractivity (Wildman–Crippen MR) is 95.7 cm³/mol. The molecule has 124 valence electrons. The summed E-state index contributed by atoms with van der Waals surface area (Å²) in [6.07, 6.45) is 6.97. The first-order chi connectivity index (χ1) is 11.3. The van der Waals surface area contributed by atoms with Gasteiger partial charge in [-0.25, -0.2) is 0 Å². The van der Waals surface area contributed by atoms with Crippen molar-refractivity contribution >= 4 is 5.96 Å². The third kappa shape index (κ3) is 3.11. The van der Waals surface area contributed by atoms with Gasteiger partial charge in [-0.05, 0) is 55.4 Å². The van der Waals surface area contributed by atoms with Crippen LogP contribution >= 0.6 is 0 Å². The number of rotatable bonds is 4. The highest BCUT2D eigenvalue weighted by atomic mass is 15.3. The van der Waals surface area contributed by atoms with Crippen LogP contribution < -0.4 is 5.32 Å². The summed E-state index contributed by atoms with van der Waals surface area (Å²) >= 11 is 0. The van der Waals surface area contributed by atoms with Crippen LogP contribution in [-0.4, -0.2) is 37.0 Å². The Balaban J connectivity index is 1.36. The van der Waals surface area contributed by atoms with E-state index in [9.17, 15) is 0 Å². The normalized spacial score (nSPS) is 28.7. The second kappa shape index (κ2) is 6.18. The van der Waals surface area contributed by atoms with E-state index in [4.69, 9.17) is 4.99 Å². The Morgan fingerprint density at radius 2 is 2.09 bits per heavy atom. The Kier molecular flexibility index (Phi) is 4.04. The van der Waals surface area contributed by atoms with E-state index in [2.05, 4.69) is 47.5 Å². The topological polar surface area (TPSA) is 27.6 Å². The summed E-state index contributed by atoms with van der Waals surface area (Å²) in [5.41, 5.74) is 2.13. The molecule has 1 aromatic rings. The maximum Gasteiger partial charge on any atom is 0.193 e. The first kappa shape index (κ1) is 15.0. The highest BCUT2D eigenvalue weighted by Gasteiger charge is 2.44. The van der Waals surface area contributed by atoms with Crippen molar-refractivity contribution in [1.29, 1.82) is 0 Å². The number of aliphatic imine (C=N–C) groups is 1. The molecule has 1 aliphatic heterocycles. The molecular weight excluding hydrogens is 282 g/mol. The molecule has 2 unspecified atom stereocenters. The maximum absolute atomic E-state index is 4.99. The van der Waals surface area contributed by atoms with Gasteiger partial charge in [0, 0.05) is 26.2 Å². The molecule has 3 nitrogen and oxygen atoms in total. The molecule has 3 heteroatoms. The summed E-state index contributed by atoms with van der Waals surface area (Å²) in [5, 5.41) is 3.52. The molecule has 1 saturated heterocycles. The van der Waals surface area contributed by atoms with E-state index in [0.29, 0.717) is 5.41 Å². The van der Waals surface area contributed by atoms with Crippen molar-refractivity contribution in [2.45, 2.75) is 44.9 Å². The first-order valence-corrected chi connectivity index (χ1v) is 9.38. The Hall–Kier alpha value is -1.51. The Morgan fingerprint density at radius 3 is 2.74 bits per heavy atom. The fourth-order valence-corrected chi connectivity index (χ4v) is 4.39. The lowest BCUT2D eigenvalue weighted by atomic mass is 9.68. The van der Waals surface area contributed by atoms with E-state index in [0.717, 1.165) is 30.9 Å². The van der Waals surface area contributed by atoms with Crippen LogP contribution in [0.2, 0.25) is 0 Å². The van der Waals surface area contributed by atoms with Crippen molar-refractivity contribution in [2.75, 3.05) is 26.2 Å². The van der Waals surface area contributed by atoms with Gasteiger partial charge in [-0.1, -0.05) is 36.8 Å². The number of hydrogen-bond acceptors (Lipinski definition) is 1. The molecule has 2 atom stereocenters. The molecule has 1 spiro atoms. The van der Waals surface area contributed by atoms with Crippen molar-refractivity contribution in [3.8, 4) is 0 Å². The van der Waals surface area contributed by atoms with Gasteiger partial charge < -0.3 is 10.2 Å². The summed E-state index contributed by atoms with van der Waals surface area (Å²) in [6, 6.07) is 10.9. The van der Waals surface area contributed by atoms with Gasteiger partial charge in [0.05, 0.1) is 0 Å². The molecule has 0 bridgehead atoms. The van der Waals surface area contributed by atoms with Crippen LogP contribution in [0.3, 0.4) is 0 Å². The molecule has 2 aliphatic carbocycles. The van der Waals surface area contributed by atoms with Crippen LogP contribution in [0.4, 0.5) is 0 Å². The Bertz CT molecular complexity index is 562. The van der Waals surface area contributed by atoms with Crippen molar-refractivity contribution < 1.29 is 0 Å². The number of likely N-dealkylation sites (tertiary alicyclic amines) is 1. The van der Waals surface area contributed by atoms with E-state index in [-0.39, 0.29) is 0 Å². The largest absolute Gasteiger partial charge is 0.357 e. The Labute approximate surface area is 140 Å². The lowest BCUT2D eigenvalue weighted by molar-refractivity contribution is 0.151. The van der Waals surface area contributed by atoms with Crippen LogP contribution in [0.1, 0.15) is 50.5 Å². The maximum atomic E-state index is 4.99. The molecular formula is C20H29N3. The number of nitrogens with zero attached hydrogens (tertiary/aromatic N) is 2. The summed E-state index contributed by atoms with van der Waals surface area (Å²) in [7, 11) is 0. The molecule has 4 rings (SSSR count). The lowest BCUT2D eigenvalue weighted by Crippen LogP contribution is -2.42. The van der Waals surface area contributed by atoms with Crippen LogP contribution in [0.5, 0.6) is 0 Å². The van der Waals surface area contributed by atoms with Crippen LogP contribution in [-0.2, 0) is 0 Å². The standard InChI is InChI=1S/C20H29N3/c1-2-21-19(23-12-11-20(15-23)9-6-10-20)22-14-17-13-18(17)16-7-4-3-5-8-16/h3-5,7-8,17-18H,2,6,9-15H2,1H3,(H,21,22). The van der Waals surface area contributed by atoms with Gasteiger partial charge in [-0.3, -0.25) is 4.99 Å². The first-order valence-electron chi connectivity index (χ1n) is 9.38. The minimum atomic E-state index is 0.641. The molecule has 1 N–H and O–H groups in total. The van der Waals surface area contributed by atoms with Gasteiger partial charge in [0.25, 0.3) is 0 Å². The van der Waals surface area contributed by atoms with E-state index in [1.165, 1.54) is 50.8 Å². The van der Waals surface area contributed by atoms with E-state index in [1.807, 2.05) is 0 Å². The zero-order valence-corrected chi connectivity index (χ0v) is 14.3. The van der Waals surface area contributed by atoms with Gasteiger partial charge >= 0.3 is 0 Å². The molecule has 0 aromatic heterocycles. The monoisotopic (exact) mass is 311 g/mol. The number of hydrogen-bond donors (Lipinski definition) is 1. The summed E-state index contributed by atoms with van der Waals surface area (Å²) in [5.74, 6) is 2.64. The van der Waals surface area contributed by atoms with Crippen molar-refractivity contribution in [3.63, 3.8) is 0 Å². The third-order valence-corrected chi connectivity index (χ3v) is 6.11. The molecule has 2 saturated carbocycles. The van der Waals surface area contributed by atoms with Gasteiger partial charge in [-0.2, -0.15) is 0 Å². The van der Waals surface area contributed by atoms with E-state index in [1.54, 1.807) is 0 Å². The highest BCUT2D eigenvalue weighted by Crippen LogP contribution is 2.49. The number of benzene rings is 1. The fraction of sp³-hybridized carbons (Fsp3) is 0.650. The molecule has 3 aliphatic rings. The second-order valence-electron chi connectivity index (χ2n) is 7.73. The van der Waals surface area contributed by atoms with Crippen LogP contribution in [0, 0.1) is 11.3 Å². The van der Waals surface area contributed by atoms with Gasteiger partial charge in [-0.15, -0.1) is 0 Å². The Morgan fingerprint density at radius 1 is 1.26 bits per heavy atom. The van der Waals surface area contributed by atoms with Crippen molar-refractivity contribution in [1.82, 2.24) is 10.2 Å². The average molecular weight is 311 g/mol. The fourth-order valence-electron chi connectivity index (χ4n) is 4.39.